The molecule has 0 saturated heterocycles. The molecule has 0 aliphatic rings. The Labute approximate surface area is 158 Å². The molecule has 2 aromatic carbocycles. The molecule has 134 valence electrons. The number of ether oxygens (including phenoxy) is 1. The van der Waals surface area contributed by atoms with Gasteiger partial charge in [-0.2, -0.15) is 0 Å². The summed E-state index contributed by atoms with van der Waals surface area (Å²) in [6.07, 6.45) is 1.95. The molecule has 0 aliphatic carbocycles. The first kappa shape index (κ1) is 17.0. The van der Waals surface area contributed by atoms with E-state index in [1.807, 2.05) is 65.2 Å². The van der Waals surface area contributed by atoms with E-state index in [4.69, 9.17) is 9.72 Å². The van der Waals surface area contributed by atoms with Gasteiger partial charge in [0.2, 0.25) is 0 Å². The Balaban J connectivity index is 1.88. The van der Waals surface area contributed by atoms with Crippen molar-refractivity contribution in [2.45, 2.75) is 13.8 Å². The van der Waals surface area contributed by atoms with Crippen LogP contribution in [0.25, 0.3) is 16.9 Å². The number of nitrogens with zero attached hydrogens (tertiary/aromatic N) is 4. The van der Waals surface area contributed by atoms with Crippen molar-refractivity contribution in [3.63, 3.8) is 0 Å². The molecule has 5 heteroatoms. The molecule has 0 fully saturated rings. The predicted molar refractivity (Wildman–Crippen MR) is 107 cm³/mol. The molecule has 2 heterocycles. The van der Waals surface area contributed by atoms with Crippen molar-refractivity contribution in [1.82, 2.24) is 9.38 Å². The SMILES string of the molecule is COc1cccc(-c2nc3ccccn3c2N=Nc2cccc(C)c2C)c1. The van der Waals surface area contributed by atoms with E-state index in [0.29, 0.717) is 5.82 Å². The number of hydrogen-bond donors (Lipinski definition) is 0. The number of aryl methyl sites for hydroxylation is 1. The van der Waals surface area contributed by atoms with E-state index in [1.165, 1.54) is 5.56 Å². The van der Waals surface area contributed by atoms with Crippen molar-refractivity contribution in [3.8, 4) is 17.0 Å². The normalized spacial score (nSPS) is 11.4. The standard InChI is InChI=1S/C22H20N4O/c1-15-8-6-11-19(16(15)2)24-25-22-21(17-9-7-10-18(14-17)27-3)23-20-12-4-5-13-26(20)22/h4-14H,1-3H3. The summed E-state index contributed by atoms with van der Waals surface area (Å²) in [5.74, 6) is 1.47. The minimum Gasteiger partial charge on any atom is -0.497 e. The first-order valence-electron chi connectivity index (χ1n) is 8.77. The smallest absolute Gasteiger partial charge is 0.187 e. The van der Waals surface area contributed by atoms with Gasteiger partial charge in [-0.25, -0.2) is 4.98 Å². The minimum absolute atomic E-state index is 0.694. The molecular formula is C22H20N4O. The van der Waals surface area contributed by atoms with E-state index < -0.39 is 0 Å². The Kier molecular flexibility index (Phi) is 4.42. The first-order chi connectivity index (χ1) is 13.2. The lowest BCUT2D eigenvalue weighted by molar-refractivity contribution is 0.415. The molecule has 0 unspecified atom stereocenters. The fourth-order valence-corrected chi connectivity index (χ4v) is 2.99. The molecule has 5 nitrogen and oxygen atoms in total. The second kappa shape index (κ2) is 7.03. The highest BCUT2D eigenvalue weighted by molar-refractivity contribution is 5.75. The second-order valence-electron chi connectivity index (χ2n) is 6.36. The molecule has 0 radical (unpaired) electrons. The van der Waals surface area contributed by atoms with Crippen LogP contribution in [0.1, 0.15) is 11.1 Å². The molecule has 0 bridgehead atoms. The Hall–Kier alpha value is -3.47. The Bertz CT molecular complexity index is 1140. The van der Waals surface area contributed by atoms with Gasteiger partial charge in [-0.1, -0.05) is 30.3 Å². The van der Waals surface area contributed by atoms with Crippen LogP contribution in [0.15, 0.2) is 77.1 Å². The Morgan fingerprint density at radius 1 is 0.926 bits per heavy atom. The summed E-state index contributed by atoms with van der Waals surface area (Å²) in [5, 5.41) is 9.10. The monoisotopic (exact) mass is 356 g/mol. The molecule has 0 saturated carbocycles. The molecule has 0 amide bonds. The summed E-state index contributed by atoms with van der Waals surface area (Å²) >= 11 is 0. The fourth-order valence-electron chi connectivity index (χ4n) is 2.99. The van der Waals surface area contributed by atoms with Gasteiger partial charge in [0.1, 0.15) is 17.1 Å². The lowest BCUT2D eigenvalue weighted by atomic mass is 10.1. The summed E-state index contributed by atoms with van der Waals surface area (Å²) in [7, 11) is 1.66. The average molecular weight is 356 g/mol. The van der Waals surface area contributed by atoms with Gasteiger partial charge in [0.25, 0.3) is 0 Å². The number of rotatable bonds is 4. The zero-order valence-corrected chi connectivity index (χ0v) is 15.5. The van der Waals surface area contributed by atoms with E-state index >= 15 is 0 Å². The number of hydrogen-bond acceptors (Lipinski definition) is 4. The number of pyridine rings is 1. The molecule has 4 rings (SSSR count). The molecule has 4 aromatic rings. The summed E-state index contributed by atoms with van der Waals surface area (Å²) in [5.41, 5.74) is 5.71. The molecular weight excluding hydrogens is 336 g/mol. The summed E-state index contributed by atoms with van der Waals surface area (Å²) in [4.78, 5) is 4.76. The van der Waals surface area contributed by atoms with Gasteiger partial charge >= 0.3 is 0 Å². The third kappa shape index (κ3) is 3.19. The van der Waals surface area contributed by atoms with Crippen LogP contribution in [0.3, 0.4) is 0 Å². The predicted octanol–water partition coefficient (Wildman–Crippen LogP) is 6.04. The summed E-state index contributed by atoms with van der Waals surface area (Å²) < 4.78 is 7.31. The molecule has 0 spiro atoms. The van der Waals surface area contributed by atoms with Crippen LogP contribution in [0.4, 0.5) is 11.5 Å². The lowest BCUT2D eigenvalue weighted by Crippen LogP contribution is -1.85. The minimum atomic E-state index is 0.694. The molecule has 27 heavy (non-hydrogen) atoms. The number of benzene rings is 2. The third-order valence-corrected chi connectivity index (χ3v) is 4.68. The van der Waals surface area contributed by atoms with E-state index in [9.17, 15) is 0 Å². The van der Waals surface area contributed by atoms with E-state index in [1.54, 1.807) is 7.11 Å². The van der Waals surface area contributed by atoms with Gasteiger partial charge in [-0.05, 0) is 55.3 Å². The molecule has 0 atom stereocenters. The van der Waals surface area contributed by atoms with E-state index in [0.717, 1.165) is 33.9 Å². The Morgan fingerprint density at radius 3 is 2.63 bits per heavy atom. The number of fused-ring (bicyclic) bond motifs is 1. The third-order valence-electron chi connectivity index (χ3n) is 4.68. The van der Waals surface area contributed by atoms with Crippen molar-refractivity contribution < 1.29 is 4.74 Å². The van der Waals surface area contributed by atoms with Crippen LogP contribution >= 0.6 is 0 Å². The molecule has 2 aromatic heterocycles. The zero-order chi connectivity index (χ0) is 18.8. The van der Waals surface area contributed by atoms with E-state index in [-0.39, 0.29) is 0 Å². The number of azo groups is 1. The van der Waals surface area contributed by atoms with Crippen molar-refractivity contribution in [1.29, 1.82) is 0 Å². The maximum atomic E-state index is 5.36. The summed E-state index contributed by atoms with van der Waals surface area (Å²) in [6.45, 7) is 4.13. The van der Waals surface area contributed by atoms with Crippen LogP contribution in [-0.4, -0.2) is 16.5 Å². The second-order valence-corrected chi connectivity index (χ2v) is 6.36. The topological polar surface area (TPSA) is 51.2 Å². The van der Waals surface area contributed by atoms with Crippen LogP contribution < -0.4 is 4.74 Å². The quantitative estimate of drug-likeness (QED) is 0.418. The van der Waals surface area contributed by atoms with Gasteiger partial charge in [-0.3, -0.25) is 4.40 Å². The van der Waals surface area contributed by atoms with Crippen LogP contribution in [0, 0.1) is 13.8 Å². The average Bonchev–Trinajstić information content (AvgIpc) is 3.08. The van der Waals surface area contributed by atoms with Gasteiger partial charge in [0, 0.05) is 11.8 Å². The maximum Gasteiger partial charge on any atom is 0.187 e. The van der Waals surface area contributed by atoms with Crippen LogP contribution in [0.5, 0.6) is 5.75 Å². The van der Waals surface area contributed by atoms with Gasteiger partial charge in [-0.15, -0.1) is 10.2 Å². The van der Waals surface area contributed by atoms with Crippen molar-refractivity contribution in [2.75, 3.05) is 7.11 Å². The van der Waals surface area contributed by atoms with Crippen LogP contribution in [0.2, 0.25) is 0 Å². The van der Waals surface area contributed by atoms with Gasteiger partial charge in [0.05, 0.1) is 12.8 Å². The Morgan fingerprint density at radius 2 is 1.78 bits per heavy atom. The van der Waals surface area contributed by atoms with Gasteiger partial charge in [0.15, 0.2) is 5.82 Å². The molecule has 0 aliphatic heterocycles. The van der Waals surface area contributed by atoms with Crippen molar-refractivity contribution in [3.05, 3.63) is 78.0 Å². The summed E-state index contributed by atoms with van der Waals surface area (Å²) in [6, 6.07) is 19.7. The highest BCUT2D eigenvalue weighted by Gasteiger charge is 2.14. The number of methoxy groups -OCH3 is 1. The fraction of sp³-hybridized carbons (Fsp3) is 0.136. The van der Waals surface area contributed by atoms with Crippen molar-refractivity contribution >= 4 is 17.2 Å². The molecule has 0 N–H and O–H groups in total. The lowest BCUT2D eigenvalue weighted by Gasteiger charge is -2.04. The largest absolute Gasteiger partial charge is 0.497 e. The first-order valence-corrected chi connectivity index (χ1v) is 8.77. The van der Waals surface area contributed by atoms with Crippen molar-refractivity contribution in [2.24, 2.45) is 10.2 Å². The maximum absolute atomic E-state index is 5.36. The number of imidazole rings is 1. The highest BCUT2D eigenvalue weighted by atomic mass is 16.5. The van der Waals surface area contributed by atoms with Crippen LogP contribution in [-0.2, 0) is 0 Å². The number of aromatic nitrogens is 2. The zero-order valence-electron chi connectivity index (χ0n) is 15.5. The van der Waals surface area contributed by atoms with Gasteiger partial charge < -0.3 is 4.74 Å². The van der Waals surface area contributed by atoms with E-state index in [2.05, 4.69) is 30.1 Å². The highest BCUT2D eigenvalue weighted by Crippen LogP contribution is 2.34.